The third-order valence-electron chi connectivity index (χ3n) is 6.48. The zero-order chi connectivity index (χ0) is 25.6. The van der Waals surface area contributed by atoms with Gasteiger partial charge in [0.15, 0.2) is 0 Å². The van der Waals surface area contributed by atoms with E-state index in [1.807, 2.05) is 83.8 Å². The van der Waals surface area contributed by atoms with E-state index in [4.69, 9.17) is 9.47 Å². The molecule has 5 rings (SSSR count). The molecule has 0 bridgehead atoms. The maximum Gasteiger partial charge on any atom is 0.337 e. The third kappa shape index (κ3) is 5.92. The summed E-state index contributed by atoms with van der Waals surface area (Å²) in [6.45, 7) is 6.26. The van der Waals surface area contributed by atoms with E-state index < -0.39 is 0 Å². The molecule has 0 atom stereocenters. The van der Waals surface area contributed by atoms with Gasteiger partial charge < -0.3 is 14.4 Å². The summed E-state index contributed by atoms with van der Waals surface area (Å²) in [5.41, 5.74) is 1.36. The Bertz CT molecular complexity index is 1370. The van der Waals surface area contributed by atoms with Crippen LogP contribution in [0.25, 0.3) is 11.4 Å². The van der Waals surface area contributed by atoms with Gasteiger partial charge in [0.05, 0.1) is 11.4 Å². The molecule has 0 spiro atoms. The Labute approximate surface area is 215 Å². The first-order chi connectivity index (χ1) is 18.1. The first-order valence-corrected chi connectivity index (χ1v) is 12.4. The maximum absolute atomic E-state index is 13.1. The van der Waals surface area contributed by atoms with Crippen LogP contribution in [0.5, 0.6) is 17.2 Å². The van der Waals surface area contributed by atoms with Crippen LogP contribution in [0.4, 0.5) is 0 Å². The fourth-order valence-electron chi connectivity index (χ4n) is 4.35. The number of benzene rings is 3. The average Bonchev–Trinajstić information content (AvgIpc) is 3.31. The van der Waals surface area contributed by atoms with Gasteiger partial charge in [0.1, 0.15) is 23.9 Å². The molecule has 0 aliphatic carbocycles. The molecule has 0 unspecified atom stereocenters. The van der Waals surface area contributed by atoms with E-state index >= 15 is 0 Å². The standard InChI is InChI=1S/C29H30N4O4/c1-23(34)31-17-15-30(16-18-31)21-22-36-26-11-7-24(8-12-26)32-19-20-33(29(32)35)25-9-13-28(14-10-25)37-27-5-3-2-4-6-27/h2-14,19-20H,15-18,21-22H2,1H3. The topological polar surface area (TPSA) is 68.9 Å². The van der Waals surface area contributed by atoms with Crippen molar-refractivity contribution >= 4 is 5.91 Å². The second-order valence-corrected chi connectivity index (χ2v) is 8.92. The molecule has 8 nitrogen and oxygen atoms in total. The highest BCUT2D eigenvalue weighted by atomic mass is 16.5. The Morgan fingerprint density at radius 1 is 0.730 bits per heavy atom. The summed E-state index contributed by atoms with van der Waals surface area (Å²) >= 11 is 0. The molecule has 2 heterocycles. The monoisotopic (exact) mass is 498 g/mol. The van der Waals surface area contributed by atoms with Gasteiger partial charge in [0.2, 0.25) is 5.91 Å². The Morgan fingerprint density at radius 3 is 1.84 bits per heavy atom. The second kappa shape index (κ2) is 11.2. The lowest BCUT2D eigenvalue weighted by Crippen LogP contribution is -2.48. The molecule has 1 aromatic heterocycles. The predicted molar refractivity (Wildman–Crippen MR) is 142 cm³/mol. The summed E-state index contributed by atoms with van der Waals surface area (Å²) < 4.78 is 14.9. The molecule has 0 N–H and O–H groups in total. The number of nitrogens with zero attached hydrogens (tertiary/aromatic N) is 4. The first-order valence-electron chi connectivity index (χ1n) is 12.4. The van der Waals surface area contributed by atoms with Crippen LogP contribution in [0.1, 0.15) is 6.92 Å². The highest BCUT2D eigenvalue weighted by Crippen LogP contribution is 2.22. The Balaban J connectivity index is 1.17. The number of aromatic nitrogens is 2. The molecule has 4 aromatic rings. The van der Waals surface area contributed by atoms with E-state index in [0.29, 0.717) is 12.4 Å². The molecule has 8 heteroatoms. The van der Waals surface area contributed by atoms with Crippen LogP contribution in [-0.4, -0.2) is 64.2 Å². The molecular weight excluding hydrogens is 468 g/mol. The van der Waals surface area contributed by atoms with Crippen LogP contribution in [-0.2, 0) is 4.79 Å². The fraction of sp³-hybridized carbons (Fsp3) is 0.241. The summed E-state index contributed by atoms with van der Waals surface area (Å²) in [5.74, 6) is 2.36. The summed E-state index contributed by atoms with van der Waals surface area (Å²) in [6, 6.07) is 24.5. The van der Waals surface area contributed by atoms with Crippen LogP contribution in [0.3, 0.4) is 0 Å². The van der Waals surface area contributed by atoms with Gasteiger partial charge >= 0.3 is 5.69 Å². The number of para-hydroxylation sites is 1. The number of amides is 1. The van der Waals surface area contributed by atoms with Crippen molar-refractivity contribution < 1.29 is 14.3 Å². The van der Waals surface area contributed by atoms with Crippen LogP contribution in [0.2, 0.25) is 0 Å². The van der Waals surface area contributed by atoms with Crippen molar-refractivity contribution in [1.82, 2.24) is 18.9 Å². The maximum atomic E-state index is 13.1. The fourth-order valence-corrected chi connectivity index (χ4v) is 4.35. The van der Waals surface area contributed by atoms with Gasteiger partial charge in [0, 0.05) is 52.0 Å². The smallest absolute Gasteiger partial charge is 0.337 e. The Kier molecular flexibility index (Phi) is 7.37. The van der Waals surface area contributed by atoms with Crippen LogP contribution in [0.15, 0.2) is 96.1 Å². The van der Waals surface area contributed by atoms with Gasteiger partial charge in [0.25, 0.3) is 0 Å². The highest BCUT2D eigenvalue weighted by molar-refractivity contribution is 5.73. The molecule has 190 valence electrons. The lowest BCUT2D eigenvalue weighted by Gasteiger charge is -2.34. The van der Waals surface area contributed by atoms with Gasteiger partial charge in [-0.2, -0.15) is 0 Å². The number of piperazine rings is 1. The molecule has 0 saturated carbocycles. The number of carbonyl (C=O) groups excluding carboxylic acids is 1. The molecule has 0 radical (unpaired) electrons. The Hall–Kier alpha value is -4.30. The van der Waals surface area contributed by atoms with Gasteiger partial charge in [-0.25, -0.2) is 4.79 Å². The van der Waals surface area contributed by atoms with Crippen molar-refractivity contribution in [2.45, 2.75) is 6.92 Å². The number of imidazole rings is 1. The third-order valence-corrected chi connectivity index (χ3v) is 6.48. The zero-order valence-electron chi connectivity index (χ0n) is 20.8. The largest absolute Gasteiger partial charge is 0.492 e. The van der Waals surface area contributed by atoms with Gasteiger partial charge in [-0.05, 0) is 60.7 Å². The van der Waals surface area contributed by atoms with E-state index in [1.165, 1.54) is 0 Å². The minimum atomic E-state index is -0.157. The lowest BCUT2D eigenvalue weighted by molar-refractivity contribution is -0.130. The quantitative estimate of drug-likeness (QED) is 0.368. The van der Waals surface area contributed by atoms with Crippen LogP contribution >= 0.6 is 0 Å². The number of carbonyl (C=O) groups is 1. The highest BCUT2D eigenvalue weighted by Gasteiger charge is 2.18. The molecule has 1 fully saturated rings. The van der Waals surface area contributed by atoms with Gasteiger partial charge in [-0.15, -0.1) is 0 Å². The molecule has 1 aliphatic heterocycles. The Morgan fingerprint density at radius 2 is 1.27 bits per heavy atom. The summed E-state index contributed by atoms with van der Waals surface area (Å²) in [6.07, 6.45) is 3.51. The first kappa shape index (κ1) is 24.4. The van der Waals surface area contributed by atoms with Crippen LogP contribution < -0.4 is 15.2 Å². The van der Waals surface area contributed by atoms with Gasteiger partial charge in [-0.3, -0.25) is 18.8 Å². The molecular formula is C29H30N4O4. The van der Waals surface area contributed by atoms with Crippen molar-refractivity contribution in [3.8, 4) is 28.6 Å². The second-order valence-electron chi connectivity index (χ2n) is 8.92. The van der Waals surface area contributed by atoms with E-state index in [1.54, 1.807) is 28.5 Å². The number of hydrogen-bond acceptors (Lipinski definition) is 5. The number of hydrogen-bond donors (Lipinski definition) is 0. The minimum Gasteiger partial charge on any atom is -0.492 e. The van der Waals surface area contributed by atoms with Crippen molar-refractivity contribution in [1.29, 1.82) is 0 Å². The van der Waals surface area contributed by atoms with Crippen molar-refractivity contribution in [3.63, 3.8) is 0 Å². The summed E-state index contributed by atoms with van der Waals surface area (Å²) in [7, 11) is 0. The number of ether oxygens (including phenoxy) is 2. The van der Waals surface area contributed by atoms with Crippen molar-refractivity contribution in [2.75, 3.05) is 39.3 Å². The predicted octanol–water partition coefficient (Wildman–Crippen LogP) is 3.96. The summed E-state index contributed by atoms with van der Waals surface area (Å²) in [4.78, 5) is 28.7. The molecule has 3 aromatic carbocycles. The molecule has 1 saturated heterocycles. The SMILES string of the molecule is CC(=O)N1CCN(CCOc2ccc(-n3ccn(-c4ccc(Oc5ccccc5)cc4)c3=O)cc2)CC1. The van der Waals surface area contributed by atoms with E-state index in [2.05, 4.69) is 4.90 Å². The van der Waals surface area contributed by atoms with Crippen molar-refractivity contribution in [2.24, 2.45) is 0 Å². The van der Waals surface area contributed by atoms with Crippen LogP contribution in [0, 0.1) is 0 Å². The lowest BCUT2D eigenvalue weighted by atomic mass is 10.3. The minimum absolute atomic E-state index is 0.136. The van der Waals surface area contributed by atoms with Gasteiger partial charge in [-0.1, -0.05) is 18.2 Å². The normalized spacial score (nSPS) is 13.9. The summed E-state index contributed by atoms with van der Waals surface area (Å²) in [5, 5.41) is 0. The molecule has 1 aliphatic rings. The number of rotatable bonds is 8. The molecule has 37 heavy (non-hydrogen) atoms. The van der Waals surface area contributed by atoms with E-state index in [0.717, 1.165) is 55.6 Å². The van der Waals surface area contributed by atoms with E-state index in [9.17, 15) is 9.59 Å². The molecule has 1 amide bonds. The zero-order valence-corrected chi connectivity index (χ0v) is 20.8. The van der Waals surface area contributed by atoms with Crippen molar-refractivity contribution in [3.05, 3.63) is 102 Å². The van der Waals surface area contributed by atoms with E-state index in [-0.39, 0.29) is 11.6 Å². The average molecular weight is 499 g/mol.